The first kappa shape index (κ1) is 16.9. The van der Waals surface area contributed by atoms with E-state index < -0.39 is 11.9 Å². The monoisotopic (exact) mass is 307 g/mol. The number of amides is 1. The molecule has 0 unspecified atom stereocenters. The molecule has 5 heteroatoms. The summed E-state index contributed by atoms with van der Waals surface area (Å²) in [6.45, 7) is 4.72. The molecule has 1 amide bonds. The number of benzene rings is 1. The van der Waals surface area contributed by atoms with Crippen LogP contribution in [0.3, 0.4) is 0 Å². The van der Waals surface area contributed by atoms with Gasteiger partial charge in [0, 0.05) is 19.4 Å². The molecule has 2 rings (SSSR count). The van der Waals surface area contributed by atoms with Crippen LogP contribution in [0.25, 0.3) is 0 Å². The first-order chi connectivity index (χ1) is 10.4. The molecule has 0 bridgehead atoms. The maximum Gasteiger partial charge on any atom is 0.220 e. The fourth-order valence-corrected chi connectivity index (χ4v) is 2.48. The summed E-state index contributed by atoms with van der Waals surface area (Å²) in [5, 5.41) is 12.9. The lowest BCUT2D eigenvalue weighted by atomic mass is 10.1. The fourth-order valence-electron chi connectivity index (χ4n) is 2.48. The summed E-state index contributed by atoms with van der Waals surface area (Å²) in [4.78, 5) is 11.8. The maximum absolute atomic E-state index is 11.8. The van der Waals surface area contributed by atoms with Gasteiger partial charge in [-0.05, 0) is 25.8 Å². The number of carbonyl (C=O) groups excluding carboxylic acids is 1. The van der Waals surface area contributed by atoms with Crippen LogP contribution in [-0.2, 0) is 20.8 Å². The fraction of sp³-hybridized carbons (Fsp3) is 0.588. The summed E-state index contributed by atoms with van der Waals surface area (Å²) in [5.41, 5.74) is 1.06. The quantitative estimate of drug-likeness (QED) is 0.808. The number of carbonyl (C=O) groups is 1. The SMILES string of the molecule is CC1(C)OC[C@H](C[C@H](O)CCC(=O)NCc2ccccc2)O1. The number of hydrogen-bond donors (Lipinski definition) is 2. The largest absolute Gasteiger partial charge is 0.393 e. The zero-order valence-electron chi connectivity index (χ0n) is 13.2. The Bertz CT molecular complexity index is 475. The van der Waals surface area contributed by atoms with Crippen molar-refractivity contribution in [2.45, 2.75) is 57.6 Å². The van der Waals surface area contributed by atoms with Gasteiger partial charge < -0.3 is 19.9 Å². The van der Waals surface area contributed by atoms with Gasteiger partial charge in [-0.2, -0.15) is 0 Å². The van der Waals surface area contributed by atoms with Gasteiger partial charge >= 0.3 is 0 Å². The van der Waals surface area contributed by atoms with Gasteiger partial charge in [-0.15, -0.1) is 0 Å². The molecular formula is C17H25NO4. The van der Waals surface area contributed by atoms with Crippen molar-refractivity contribution >= 4 is 5.91 Å². The Kier molecular flexibility index (Phi) is 5.94. The normalized spacial score (nSPS) is 21.5. The minimum atomic E-state index is -0.572. The Labute approximate surface area is 131 Å². The van der Waals surface area contributed by atoms with E-state index in [0.29, 0.717) is 32.4 Å². The average Bonchev–Trinajstić information content (AvgIpc) is 2.83. The molecule has 1 saturated heterocycles. The van der Waals surface area contributed by atoms with E-state index in [4.69, 9.17) is 9.47 Å². The molecule has 2 N–H and O–H groups in total. The van der Waals surface area contributed by atoms with Crippen LogP contribution in [0.2, 0.25) is 0 Å². The Balaban J connectivity index is 1.61. The third kappa shape index (κ3) is 5.75. The number of nitrogens with one attached hydrogen (secondary N) is 1. The Hall–Kier alpha value is -1.43. The minimum absolute atomic E-state index is 0.0492. The van der Waals surface area contributed by atoms with Crippen LogP contribution in [-0.4, -0.2) is 35.6 Å². The van der Waals surface area contributed by atoms with Crippen LogP contribution in [0, 0.1) is 0 Å². The van der Waals surface area contributed by atoms with Gasteiger partial charge in [0.15, 0.2) is 5.79 Å². The van der Waals surface area contributed by atoms with E-state index in [2.05, 4.69) is 5.32 Å². The molecule has 2 atom stereocenters. The van der Waals surface area contributed by atoms with Crippen LogP contribution < -0.4 is 5.32 Å². The summed E-state index contributed by atoms with van der Waals surface area (Å²) in [5.74, 6) is -0.621. The van der Waals surface area contributed by atoms with Gasteiger partial charge in [0.25, 0.3) is 0 Å². The maximum atomic E-state index is 11.8. The van der Waals surface area contributed by atoms with Crippen molar-refractivity contribution in [2.75, 3.05) is 6.61 Å². The summed E-state index contributed by atoms with van der Waals surface area (Å²) < 4.78 is 11.1. The molecule has 0 saturated carbocycles. The van der Waals surface area contributed by atoms with Crippen LogP contribution >= 0.6 is 0 Å². The second-order valence-electron chi connectivity index (χ2n) is 6.14. The van der Waals surface area contributed by atoms with Crippen LogP contribution in [0.5, 0.6) is 0 Å². The van der Waals surface area contributed by atoms with Gasteiger partial charge in [0.2, 0.25) is 5.91 Å². The Morgan fingerprint density at radius 3 is 2.77 bits per heavy atom. The highest BCUT2D eigenvalue weighted by molar-refractivity contribution is 5.75. The average molecular weight is 307 g/mol. The molecule has 1 aromatic carbocycles. The molecule has 1 heterocycles. The second kappa shape index (κ2) is 7.72. The summed E-state index contributed by atoms with van der Waals surface area (Å²) in [6.07, 6.45) is 0.587. The number of hydrogen-bond acceptors (Lipinski definition) is 4. The molecule has 0 aliphatic carbocycles. The summed E-state index contributed by atoms with van der Waals surface area (Å²) >= 11 is 0. The van der Waals surface area contributed by atoms with Crippen molar-refractivity contribution in [1.82, 2.24) is 5.32 Å². The molecule has 0 aromatic heterocycles. The van der Waals surface area contributed by atoms with Gasteiger partial charge in [-0.25, -0.2) is 0 Å². The van der Waals surface area contributed by atoms with Gasteiger partial charge in [-0.1, -0.05) is 30.3 Å². The van der Waals surface area contributed by atoms with Crippen molar-refractivity contribution < 1.29 is 19.4 Å². The van der Waals surface area contributed by atoms with E-state index in [1.807, 2.05) is 44.2 Å². The molecule has 0 radical (unpaired) electrons. The molecule has 122 valence electrons. The van der Waals surface area contributed by atoms with Gasteiger partial charge in [-0.3, -0.25) is 4.79 Å². The van der Waals surface area contributed by atoms with Crippen molar-refractivity contribution in [3.8, 4) is 0 Å². The van der Waals surface area contributed by atoms with E-state index >= 15 is 0 Å². The molecule has 1 aromatic rings. The standard InChI is InChI=1S/C17H25NO4/c1-17(2)21-12-15(22-17)10-14(19)8-9-16(20)18-11-13-6-4-3-5-7-13/h3-7,14-15,19H,8-12H2,1-2H3,(H,18,20)/t14-,15+/m1/s1. The van der Waals surface area contributed by atoms with E-state index in [0.717, 1.165) is 5.56 Å². The highest BCUT2D eigenvalue weighted by Crippen LogP contribution is 2.25. The lowest BCUT2D eigenvalue weighted by Gasteiger charge is -2.18. The van der Waals surface area contributed by atoms with E-state index in [9.17, 15) is 9.90 Å². The van der Waals surface area contributed by atoms with Crippen molar-refractivity contribution in [2.24, 2.45) is 0 Å². The molecule has 0 spiro atoms. The van der Waals surface area contributed by atoms with E-state index in [1.54, 1.807) is 0 Å². The van der Waals surface area contributed by atoms with Gasteiger partial charge in [0.1, 0.15) is 0 Å². The number of ether oxygens (including phenoxy) is 2. The van der Waals surface area contributed by atoms with Crippen molar-refractivity contribution in [3.63, 3.8) is 0 Å². The highest BCUT2D eigenvalue weighted by atomic mass is 16.7. The lowest BCUT2D eigenvalue weighted by molar-refractivity contribution is -0.141. The third-order valence-electron chi connectivity index (χ3n) is 3.64. The lowest BCUT2D eigenvalue weighted by Crippen LogP contribution is -2.26. The van der Waals surface area contributed by atoms with Crippen molar-refractivity contribution in [3.05, 3.63) is 35.9 Å². The minimum Gasteiger partial charge on any atom is -0.393 e. The third-order valence-corrected chi connectivity index (χ3v) is 3.64. The topological polar surface area (TPSA) is 67.8 Å². The van der Waals surface area contributed by atoms with Gasteiger partial charge in [0.05, 0.1) is 18.8 Å². The van der Waals surface area contributed by atoms with E-state index in [-0.39, 0.29) is 12.0 Å². The zero-order valence-corrected chi connectivity index (χ0v) is 13.2. The van der Waals surface area contributed by atoms with Crippen LogP contribution in [0.4, 0.5) is 0 Å². The summed E-state index contributed by atoms with van der Waals surface area (Å²) in [7, 11) is 0. The zero-order chi connectivity index (χ0) is 16.0. The number of rotatable bonds is 7. The number of aliphatic hydroxyl groups is 1. The second-order valence-corrected chi connectivity index (χ2v) is 6.14. The van der Waals surface area contributed by atoms with Crippen LogP contribution in [0.1, 0.15) is 38.7 Å². The predicted molar refractivity (Wildman–Crippen MR) is 83.1 cm³/mol. The summed E-state index contributed by atoms with van der Waals surface area (Å²) in [6, 6.07) is 9.76. The molecule has 22 heavy (non-hydrogen) atoms. The smallest absolute Gasteiger partial charge is 0.220 e. The molecule has 1 fully saturated rings. The Morgan fingerprint density at radius 1 is 1.41 bits per heavy atom. The molecular weight excluding hydrogens is 282 g/mol. The predicted octanol–water partition coefficient (Wildman–Crippen LogP) is 1.99. The first-order valence-electron chi connectivity index (χ1n) is 7.75. The highest BCUT2D eigenvalue weighted by Gasteiger charge is 2.33. The molecule has 5 nitrogen and oxygen atoms in total. The first-order valence-corrected chi connectivity index (χ1v) is 7.75. The van der Waals surface area contributed by atoms with Crippen LogP contribution in [0.15, 0.2) is 30.3 Å². The Morgan fingerprint density at radius 2 is 2.14 bits per heavy atom. The number of aliphatic hydroxyl groups excluding tert-OH is 1. The van der Waals surface area contributed by atoms with Crippen molar-refractivity contribution in [1.29, 1.82) is 0 Å². The molecule has 1 aliphatic heterocycles. The molecule has 1 aliphatic rings. The van der Waals surface area contributed by atoms with E-state index in [1.165, 1.54) is 0 Å².